The number of rotatable bonds is 4. The van der Waals surface area contributed by atoms with Gasteiger partial charge in [-0.05, 0) is 42.3 Å². The summed E-state index contributed by atoms with van der Waals surface area (Å²) in [5.74, 6) is -0.492. The molecule has 0 aliphatic carbocycles. The summed E-state index contributed by atoms with van der Waals surface area (Å²) in [7, 11) is 0. The first-order valence-electron chi connectivity index (χ1n) is 8.03. The third-order valence-corrected chi connectivity index (χ3v) is 4.43. The fraction of sp³-hybridized carbons (Fsp3) is 0.316. The first-order valence-corrected chi connectivity index (χ1v) is 8.03. The summed E-state index contributed by atoms with van der Waals surface area (Å²) in [5, 5.41) is 3.21. The van der Waals surface area contributed by atoms with E-state index >= 15 is 0 Å². The van der Waals surface area contributed by atoms with Gasteiger partial charge in [-0.3, -0.25) is 9.69 Å². The SMILES string of the molecule is CC(=O)C1CN(C(c2ccc(F)cc2)c2ccc(F)cc2)CCN1. The van der Waals surface area contributed by atoms with E-state index in [0.717, 1.165) is 17.7 Å². The normalized spacial score (nSPS) is 18.8. The van der Waals surface area contributed by atoms with Crippen LogP contribution in [0.2, 0.25) is 0 Å². The Kier molecular flexibility index (Phi) is 5.02. The lowest BCUT2D eigenvalue weighted by atomic mass is 9.95. The minimum atomic E-state index is -0.293. The maximum atomic E-state index is 13.3. The second-order valence-electron chi connectivity index (χ2n) is 6.12. The summed E-state index contributed by atoms with van der Waals surface area (Å²) < 4.78 is 26.6. The highest BCUT2D eigenvalue weighted by Gasteiger charge is 2.29. The molecule has 1 aliphatic rings. The Bertz CT molecular complexity index is 655. The summed E-state index contributed by atoms with van der Waals surface area (Å²) in [6, 6.07) is 12.3. The molecule has 1 saturated heterocycles. The molecule has 1 N–H and O–H groups in total. The minimum Gasteiger partial charge on any atom is -0.305 e. The molecule has 126 valence electrons. The first-order chi connectivity index (χ1) is 11.5. The standard InChI is InChI=1S/C19H20F2N2O/c1-13(24)18-12-23(11-10-22-18)19(14-2-6-16(20)7-3-14)15-4-8-17(21)9-5-15/h2-9,18-19,22H,10-12H2,1H3. The van der Waals surface area contributed by atoms with Crippen molar-refractivity contribution in [3.63, 3.8) is 0 Å². The Morgan fingerprint density at radius 3 is 2.00 bits per heavy atom. The number of halogens is 2. The van der Waals surface area contributed by atoms with Gasteiger partial charge in [0.15, 0.2) is 0 Å². The van der Waals surface area contributed by atoms with Gasteiger partial charge in [0.05, 0.1) is 12.1 Å². The van der Waals surface area contributed by atoms with Gasteiger partial charge in [0.1, 0.15) is 17.4 Å². The Morgan fingerprint density at radius 2 is 1.54 bits per heavy atom. The maximum absolute atomic E-state index is 13.3. The van der Waals surface area contributed by atoms with Gasteiger partial charge in [0.25, 0.3) is 0 Å². The van der Waals surface area contributed by atoms with Gasteiger partial charge in [-0.1, -0.05) is 24.3 Å². The van der Waals surface area contributed by atoms with E-state index in [1.54, 1.807) is 31.2 Å². The smallest absolute Gasteiger partial charge is 0.147 e. The number of nitrogens with one attached hydrogen (secondary N) is 1. The number of benzene rings is 2. The third-order valence-electron chi connectivity index (χ3n) is 4.43. The molecule has 5 heteroatoms. The number of piperazine rings is 1. The Hall–Kier alpha value is -2.11. The molecular weight excluding hydrogens is 310 g/mol. The Labute approximate surface area is 140 Å². The maximum Gasteiger partial charge on any atom is 0.147 e. The monoisotopic (exact) mass is 330 g/mol. The quantitative estimate of drug-likeness (QED) is 0.935. The number of nitrogens with zero attached hydrogens (tertiary/aromatic N) is 1. The third kappa shape index (κ3) is 3.68. The molecule has 0 amide bonds. The van der Waals surface area contributed by atoms with Crippen LogP contribution in [0.3, 0.4) is 0 Å². The number of carbonyl (C=O) groups is 1. The molecule has 0 aromatic heterocycles. The number of hydrogen-bond donors (Lipinski definition) is 1. The van der Waals surface area contributed by atoms with Crippen molar-refractivity contribution in [2.45, 2.75) is 19.0 Å². The summed E-state index contributed by atoms with van der Waals surface area (Å²) >= 11 is 0. The Morgan fingerprint density at radius 1 is 1.04 bits per heavy atom. The lowest BCUT2D eigenvalue weighted by molar-refractivity contribution is -0.120. The number of hydrogen-bond acceptors (Lipinski definition) is 3. The highest BCUT2D eigenvalue weighted by atomic mass is 19.1. The zero-order chi connectivity index (χ0) is 17.1. The van der Waals surface area contributed by atoms with Crippen LogP contribution in [0.15, 0.2) is 48.5 Å². The van der Waals surface area contributed by atoms with Crippen LogP contribution < -0.4 is 5.32 Å². The van der Waals surface area contributed by atoms with Crippen LogP contribution in [0.25, 0.3) is 0 Å². The van der Waals surface area contributed by atoms with Crippen molar-refractivity contribution >= 4 is 5.78 Å². The predicted molar refractivity (Wildman–Crippen MR) is 88.7 cm³/mol. The van der Waals surface area contributed by atoms with Crippen molar-refractivity contribution in [3.05, 3.63) is 71.3 Å². The predicted octanol–water partition coefficient (Wildman–Crippen LogP) is 2.92. The molecule has 0 saturated carbocycles. The zero-order valence-electron chi connectivity index (χ0n) is 13.5. The molecule has 3 nitrogen and oxygen atoms in total. The molecular formula is C19H20F2N2O. The van der Waals surface area contributed by atoms with Gasteiger partial charge in [0.2, 0.25) is 0 Å². The first kappa shape index (κ1) is 16.7. The van der Waals surface area contributed by atoms with Gasteiger partial charge in [-0.25, -0.2) is 8.78 Å². The Balaban J connectivity index is 1.96. The van der Waals surface area contributed by atoms with Crippen LogP contribution in [-0.2, 0) is 4.79 Å². The molecule has 3 rings (SSSR count). The minimum absolute atomic E-state index is 0.0941. The molecule has 0 radical (unpaired) electrons. The summed E-state index contributed by atoms with van der Waals surface area (Å²) in [6.07, 6.45) is 0. The molecule has 1 unspecified atom stereocenters. The van der Waals surface area contributed by atoms with E-state index in [9.17, 15) is 13.6 Å². The van der Waals surface area contributed by atoms with E-state index in [1.165, 1.54) is 24.3 Å². The van der Waals surface area contributed by atoms with Crippen molar-refractivity contribution in [1.29, 1.82) is 0 Å². The lowest BCUT2D eigenvalue weighted by Gasteiger charge is -2.38. The average Bonchev–Trinajstić information content (AvgIpc) is 2.59. The van der Waals surface area contributed by atoms with Crippen LogP contribution in [0.4, 0.5) is 8.78 Å². The van der Waals surface area contributed by atoms with Gasteiger partial charge in [-0.15, -0.1) is 0 Å². The van der Waals surface area contributed by atoms with E-state index in [2.05, 4.69) is 10.2 Å². The van der Waals surface area contributed by atoms with Crippen LogP contribution in [0, 0.1) is 11.6 Å². The average molecular weight is 330 g/mol. The van der Waals surface area contributed by atoms with E-state index in [4.69, 9.17) is 0 Å². The second kappa shape index (κ2) is 7.20. The highest BCUT2D eigenvalue weighted by Crippen LogP contribution is 2.30. The largest absolute Gasteiger partial charge is 0.305 e. The molecule has 1 atom stereocenters. The van der Waals surface area contributed by atoms with E-state index in [-0.39, 0.29) is 29.5 Å². The van der Waals surface area contributed by atoms with Crippen molar-refractivity contribution in [1.82, 2.24) is 10.2 Å². The number of carbonyl (C=O) groups excluding carboxylic acids is 1. The van der Waals surface area contributed by atoms with Crippen molar-refractivity contribution < 1.29 is 13.6 Å². The molecule has 2 aromatic carbocycles. The number of Topliss-reactive ketones (excluding diaryl/α,β-unsaturated/α-hetero) is 1. The zero-order valence-corrected chi connectivity index (χ0v) is 13.5. The highest BCUT2D eigenvalue weighted by molar-refractivity contribution is 5.81. The van der Waals surface area contributed by atoms with E-state index < -0.39 is 0 Å². The van der Waals surface area contributed by atoms with E-state index in [1.807, 2.05) is 0 Å². The molecule has 0 spiro atoms. The van der Waals surface area contributed by atoms with Crippen LogP contribution >= 0.6 is 0 Å². The summed E-state index contributed by atoms with van der Waals surface area (Å²) in [5.41, 5.74) is 1.85. The van der Waals surface area contributed by atoms with E-state index in [0.29, 0.717) is 13.1 Å². The van der Waals surface area contributed by atoms with Crippen LogP contribution in [-0.4, -0.2) is 36.4 Å². The fourth-order valence-corrected chi connectivity index (χ4v) is 3.18. The second-order valence-corrected chi connectivity index (χ2v) is 6.12. The van der Waals surface area contributed by atoms with Crippen molar-refractivity contribution in [2.24, 2.45) is 0 Å². The van der Waals surface area contributed by atoms with Gasteiger partial charge >= 0.3 is 0 Å². The summed E-state index contributed by atoms with van der Waals surface area (Å²) in [6.45, 7) is 3.59. The fourth-order valence-electron chi connectivity index (χ4n) is 3.18. The van der Waals surface area contributed by atoms with Gasteiger partial charge in [-0.2, -0.15) is 0 Å². The van der Waals surface area contributed by atoms with Gasteiger partial charge in [0, 0.05) is 19.6 Å². The van der Waals surface area contributed by atoms with Crippen molar-refractivity contribution in [3.8, 4) is 0 Å². The topological polar surface area (TPSA) is 32.3 Å². The summed E-state index contributed by atoms with van der Waals surface area (Å²) in [4.78, 5) is 13.9. The molecule has 1 fully saturated rings. The molecule has 1 aliphatic heterocycles. The number of ketones is 1. The van der Waals surface area contributed by atoms with Crippen LogP contribution in [0.1, 0.15) is 24.1 Å². The van der Waals surface area contributed by atoms with Crippen LogP contribution in [0.5, 0.6) is 0 Å². The molecule has 2 aromatic rings. The van der Waals surface area contributed by atoms with Crippen molar-refractivity contribution in [2.75, 3.05) is 19.6 Å². The molecule has 1 heterocycles. The van der Waals surface area contributed by atoms with Gasteiger partial charge < -0.3 is 5.32 Å². The molecule has 24 heavy (non-hydrogen) atoms. The molecule has 0 bridgehead atoms. The lowest BCUT2D eigenvalue weighted by Crippen LogP contribution is -2.54.